The first kappa shape index (κ1) is 13.1. The summed E-state index contributed by atoms with van der Waals surface area (Å²) >= 11 is 0. The van der Waals surface area contributed by atoms with Crippen LogP contribution in [0, 0.1) is 0 Å². The molecule has 0 unspecified atom stereocenters. The maximum atomic E-state index is 2.45. The Labute approximate surface area is 137 Å². The quantitative estimate of drug-likeness (QED) is 0.590. The SMILES string of the molecule is C1=CC(=C2CCCC2)C=C1C1c2ccccc2-c2ccccc21. The summed E-state index contributed by atoms with van der Waals surface area (Å²) in [6.45, 7) is 0. The van der Waals surface area contributed by atoms with E-state index in [1.54, 1.807) is 5.57 Å². The van der Waals surface area contributed by atoms with Crippen LogP contribution >= 0.6 is 0 Å². The smallest absolute Gasteiger partial charge is 0.0352 e. The van der Waals surface area contributed by atoms with Gasteiger partial charge < -0.3 is 0 Å². The van der Waals surface area contributed by atoms with Crippen molar-refractivity contribution in [2.24, 2.45) is 0 Å². The molecule has 1 fully saturated rings. The second-order valence-electron chi connectivity index (χ2n) is 6.85. The zero-order chi connectivity index (χ0) is 15.2. The molecule has 0 bridgehead atoms. The molecule has 0 N–H and O–H groups in total. The van der Waals surface area contributed by atoms with Gasteiger partial charge in [-0.3, -0.25) is 0 Å². The molecule has 0 nitrogen and oxygen atoms in total. The highest BCUT2D eigenvalue weighted by Gasteiger charge is 2.30. The fourth-order valence-electron chi connectivity index (χ4n) is 4.47. The summed E-state index contributed by atoms with van der Waals surface area (Å²) in [5, 5.41) is 0. The molecular weight excluding hydrogens is 276 g/mol. The highest BCUT2D eigenvalue weighted by atomic mass is 14.3. The van der Waals surface area contributed by atoms with E-state index in [1.807, 2.05) is 0 Å². The molecule has 0 amide bonds. The molecule has 0 radical (unpaired) electrons. The molecule has 0 saturated heterocycles. The first-order valence-corrected chi connectivity index (χ1v) is 8.72. The van der Waals surface area contributed by atoms with Crippen molar-refractivity contribution >= 4 is 0 Å². The van der Waals surface area contributed by atoms with Crippen molar-refractivity contribution in [3.05, 3.63) is 94.6 Å². The van der Waals surface area contributed by atoms with Gasteiger partial charge in [-0.2, -0.15) is 0 Å². The third-order valence-corrected chi connectivity index (χ3v) is 5.56. The maximum Gasteiger partial charge on any atom is 0.0352 e. The molecule has 23 heavy (non-hydrogen) atoms. The minimum absolute atomic E-state index is 0.401. The summed E-state index contributed by atoms with van der Waals surface area (Å²) in [7, 11) is 0. The third-order valence-electron chi connectivity index (χ3n) is 5.56. The van der Waals surface area contributed by atoms with E-state index in [9.17, 15) is 0 Å². The van der Waals surface area contributed by atoms with Gasteiger partial charge in [0.2, 0.25) is 0 Å². The Morgan fingerprint density at radius 2 is 1.30 bits per heavy atom. The van der Waals surface area contributed by atoms with Gasteiger partial charge in [0.25, 0.3) is 0 Å². The van der Waals surface area contributed by atoms with Gasteiger partial charge in [-0.15, -0.1) is 0 Å². The molecule has 0 atom stereocenters. The number of allylic oxidation sites excluding steroid dienone is 6. The first-order valence-electron chi connectivity index (χ1n) is 8.72. The molecular formula is C23H20. The molecule has 3 aliphatic rings. The fraction of sp³-hybridized carbons (Fsp3) is 0.217. The number of rotatable bonds is 1. The second kappa shape index (κ2) is 5.09. The highest BCUT2D eigenvalue weighted by Crippen LogP contribution is 2.49. The summed E-state index contributed by atoms with van der Waals surface area (Å²) in [6, 6.07) is 17.8. The lowest BCUT2D eigenvalue weighted by atomic mass is 9.89. The maximum absolute atomic E-state index is 2.45. The van der Waals surface area contributed by atoms with Crippen molar-refractivity contribution in [2.75, 3.05) is 0 Å². The van der Waals surface area contributed by atoms with Gasteiger partial charge in [0, 0.05) is 5.92 Å². The van der Waals surface area contributed by atoms with E-state index in [2.05, 4.69) is 66.8 Å². The average molecular weight is 296 g/mol. The van der Waals surface area contributed by atoms with E-state index in [0.29, 0.717) is 5.92 Å². The molecule has 112 valence electrons. The lowest BCUT2D eigenvalue weighted by Gasteiger charge is -2.13. The van der Waals surface area contributed by atoms with E-state index in [4.69, 9.17) is 0 Å². The first-order chi connectivity index (χ1) is 11.4. The Balaban J connectivity index is 1.66. The molecule has 0 heteroatoms. The molecule has 3 aliphatic carbocycles. The Morgan fingerprint density at radius 3 is 1.96 bits per heavy atom. The summed E-state index contributed by atoms with van der Waals surface area (Å²) < 4.78 is 0. The number of hydrogen-bond acceptors (Lipinski definition) is 0. The fourth-order valence-corrected chi connectivity index (χ4v) is 4.47. The minimum Gasteiger partial charge on any atom is -0.0630 e. The van der Waals surface area contributed by atoms with Crippen LogP contribution < -0.4 is 0 Å². The van der Waals surface area contributed by atoms with Crippen molar-refractivity contribution in [1.82, 2.24) is 0 Å². The Bertz CT molecular complexity index is 823. The van der Waals surface area contributed by atoms with Gasteiger partial charge in [-0.05, 0) is 59.1 Å². The normalized spacial score (nSPS) is 19.2. The molecule has 0 spiro atoms. The van der Waals surface area contributed by atoms with E-state index < -0.39 is 0 Å². The third kappa shape index (κ3) is 1.98. The average Bonchev–Trinajstić information content (AvgIpc) is 3.32. The van der Waals surface area contributed by atoms with E-state index >= 15 is 0 Å². The molecule has 0 aliphatic heterocycles. The van der Waals surface area contributed by atoms with Gasteiger partial charge in [-0.25, -0.2) is 0 Å². The standard InChI is InChI=1S/C23H20/c1-2-8-16(7-1)17-13-14-18(15-17)23-21-11-5-3-9-19(21)20-10-4-6-12-22(20)23/h3-6,9-15,23H,1-2,7-8H2. The summed E-state index contributed by atoms with van der Waals surface area (Å²) in [4.78, 5) is 0. The Kier molecular flexibility index (Phi) is 2.91. The summed E-state index contributed by atoms with van der Waals surface area (Å²) in [6.07, 6.45) is 12.5. The monoisotopic (exact) mass is 296 g/mol. The highest BCUT2D eigenvalue weighted by molar-refractivity contribution is 5.81. The van der Waals surface area contributed by atoms with Crippen LogP contribution in [-0.2, 0) is 0 Å². The van der Waals surface area contributed by atoms with Crippen molar-refractivity contribution < 1.29 is 0 Å². The lowest BCUT2D eigenvalue weighted by Crippen LogP contribution is -1.98. The van der Waals surface area contributed by atoms with Crippen LogP contribution in [0.4, 0.5) is 0 Å². The van der Waals surface area contributed by atoms with Gasteiger partial charge >= 0.3 is 0 Å². The molecule has 0 heterocycles. The molecule has 2 aromatic rings. The zero-order valence-electron chi connectivity index (χ0n) is 13.3. The minimum atomic E-state index is 0.401. The summed E-state index contributed by atoms with van der Waals surface area (Å²) in [5.41, 5.74) is 10.3. The van der Waals surface area contributed by atoms with Gasteiger partial charge in [0.05, 0.1) is 0 Å². The van der Waals surface area contributed by atoms with Crippen molar-refractivity contribution in [2.45, 2.75) is 31.6 Å². The van der Waals surface area contributed by atoms with E-state index in [1.165, 1.54) is 59.1 Å². The second-order valence-corrected chi connectivity index (χ2v) is 6.85. The van der Waals surface area contributed by atoms with Gasteiger partial charge in [-0.1, -0.05) is 72.3 Å². The Hall–Kier alpha value is -2.34. The van der Waals surface area contributed by atoms with Crippen LogP contribution in [0.5, 0.6) is 0 Å². The van der Waals surface area contributed by atoms with Crippen LogP contribution in [0.25, 0.3) is 11.1 Å². The number of fused-ring (bicyclic) bond motifs is 3. The van der Waals surface area contributed by atoms with Crippen molar-refractivity contribution in [1.29, 1.82) is 0 Å². The van der Waals surface area contributed by atoms with Gasteiger partial charge in [0.1, 0.15) is 0 Å². The van der Waals surface area contributed by atoms with Crippen LogP contribution in [0.1, 0.15) is 42.7 Å². The van der Waals surface area contributed by atoms with Crippen LogP contribution in [-0.4, -0.2) is 0 Å². The number of hydrogen-bond donors (Lipinski definition) is 0. The van der Waals surface area contributed by atoms with E-state index in [0.717, 1.165) is 0 Å². The molecule has 1 saturated carbocycles. The van der Waals surface area contributed by atoms with Crippen molar-refractivity contribution in [3.8, 4) is 11.1 Å². The van der Waals surface area contributed by atoms with Gasteiger partial charge in [0.15, 0.2) is 0 Å². The molecule has 0 aromatic heterocycles. The zero-order valence-corrected chi connectivity index (χ0v) is 13.3. The predicted molar refractivity (Wildman–Crippen MR) is 96.4 cm³/mol. The van der Waals surface area contributed by atoms with Crippen LogP contribution in [0.3, 0.4) is 0 Å². The van der Waals surface area contributed by atoms with E-state index in [-0.39, 0.29) is 0 Å². The number of benzene rings is 2. The largest absolute Gasteiger partial charge is 0.0630 e. The predicted octanol–water partition coefficient (Wildman–Crippen LogP) is 6.17. The lowest BCUT2D eigenvalue weighted by molar-refractivity contribution is 0.886. The summed E-state index contributed by atoms with van der Waals surface area (Å²) in [5.74, 6) is 0.401. The van der Waals surface area contributed by atoms with Crippen LogP contribution in [0.2, 0.25) is 0 Å². The Morgan fingerprint density at radius 1 is 0.696 bits per heavy atom. The topological polar surface area (TPSA) is 0 Å². The molecule has 2 aromatic carbocycles. The van der Waals surface area contributed by atoms with Crippen LogP contribution in [0.15, 0.2) is 83.5 Å². The van der Waals surface area contributed by atoms with Crippen molar-refractivity contribution in [3.63, 3.8) is 0 Å². The molecule has 5 rings (SSSR count).